The number of carbonyl (C=O) groups excluding carboxylic acids is 1. The first kappa shape index (κ1) is 16.8. The monoisotopic (exact) mass is 112 g/mol. The van der Waals surface area contributed by atoms with Gasteiger partial charge in [0.05, 0.1) is 0 Å². The number of carbonyl (C=O) groups is 1. The number of rotatable bonds is 0. The number of hydrogen-bond donors (Lipinski definition) is 1. The van der Waals surface area contributed by atoms with E-state index in [-0.39, 0.29) is 19.0 Å². The van der Waals surface area contributed by atoms with E-state index in [0.29, 0.717) is 0 Å². The second-order valence-electron chi connectivity index (χ2n) is 0.316. The summed E-state index contributed by atoms with van der Waals surface area (Å²) in [6, 6.07) is 0. The molecule has 0 unspecified atom stereocenters. The molecular weight excluding hydrogens is 103 g/mol. The minimum Gasteiger partial charge on any atom is -0.397 e. The van der Waals surface area contributed by atoms with Crippen LogP contribution in [0, 0.1) is 0 Å². The highest BCUT2D eigenvalue weighted by atomic mass is 35.5. The standard InChI is InChI=1S/C2H6O.CH2O.ClH/c1-2-3;1-2;/h3H,2H2,1H3;1H2;1H. The molecule has 0 heterocycles. The van der Waals surface area contributed by atoms with Crippen LogP contribution >= 0.6 is 12.4 Å². The fraction of sp³-hybridized carbons (Fsp3) is 0.667. The van der Waals surface area contributed by atoms with Crippen LogP contribution in [-0.4, -0.2) is 18.5 Å². The molecule has 0 fully saturated rings. The van der Waals surface area contributed by atoms with Crippen LogP contribution in [0.4, 0.5) is 0 Å². The largest absolute Gasteiger partial charge is 0.397 e. The second kappa shape index (κ2) is 89.3. The first-order valence-corrected chi connectivity index (χ1v) is 1.31. The smallest absolute Gasteiger partial charge is 0.106 e. The van der Waals surface area contributed by atoms with Gasteiger partial charge in [-0.25, -0.2) is 0 Å². The van der Waals surface area contributed by atoms with Gasteiger partial charge in [0, 0.05) is 6.61 Å². The van der Waals surface area contributed by atoms with Gasteiger partial charge in [0.15, 0.2) is 0 Å². The van der Waals surface area contributed by atoms with Crippen molar-refractivity contribution >= 4 is 19.2 Å². The predicted octanol–water partition coefficient (Wildman–Crippen LogP) is 0.236. The van der Waals surface area contributed by atoms with Crippen LogP contribution in [0.1, 0.15) is 6.92 Å². The van der Waals surface area contributed by atoms with Gasteiger partial charge in [0.25, 0.3) is 0 Å². The Hall–Kier alpha value is -0.0800. The fourth-order valence-electron chi connectivity index (χ4n) is 0. The van der Waals surface area contributed by atoms with E-state index in [1.165, 1.54) is 0 Å². The third-order valence-electron chi connectivity index (χ3n) is 0. The van der Waals surface area contributed by atoms with E-state index >= 15 is 0 Å². The van der Waals surface area contributed by atoms with Crippen LogP contribution < -0.4 is 0 Å². The zero-order valence-corrected chi connectivity index (χ0v) is 4.49. The Kier molecular flexibility index (Phi) is 250. The third-order valence-corrected chi connectivity index (χ3v) is 0. The first-order chi connectivity index (χ1) is 2.41. The van der Waals surface area contributed by atoms with E-state index in [4.69, 9.17) is 9.90 Å². The van der Waals surface area contributed by atoms with E-state index in [0.717, 1.165) is 0 Å². The molecule has 0 aromatic heterocycles. The average Bonchev–Trinajstić information content (AvgIpc) is 1.46. The first-order valence-electron chi connectivity index (χ1n) is 1.31. The molecule has 0 spiro atoms. The summed E-state index contributed by atoms with van der Waals surface area (Å²) >= 11 is 0. The molecule has 0 atom stereocenters. The summed E-state index contributed by atoms with van der Waals surface area (Å²) in [6.07, 6.45) is 0. The quantitative estimate of drug-likeness (QED) is 0.487. The van der Waals surface area contributed by atoms with Gasteiger partial charge in [0.1, 0.15) is 6.79 Å². The van der Waals surface area contributed by atoms with Crippen molar-refractivity contribution in [3.8, 4) is 0 Å². The molecule has 0 aromatic rings. The maximum absolute atomic E-state index is 8.00. The van der Waals surface area contributed by atoms with Crippen molar-refractivity contribution in [1.29, 1.82) is 0 Å². The Morgan fingerprint density at radius 2 is 1.67 bits per heavy atom. The molecule has 0 amide bonds. The normalized spacial score (nSPS) is 3.67. The summed E-state index contributed by atoms with van der Waals surface area (Å²) in [4.78, 5) is 8.00. The fourth-order valence-corrected chi connectivity index (χ4v) is 0. The van der Waals surface area contributed by atoms with Crippen LogP contribution in [0.25, 0.3) is 0 Å². The van der Waals surface area contributed by atoms with Gasteiger partial charge >= 0.3 is 0 Å². The van der Waals surface area contributed by atoms with Crippen molar-refractivity contribution in [3.05, 3.63) is 0 Å². The molecule has 1 N–H and O–H groups in total. The van der Waals surface area contributed by atoms with Gasteiger partial charge in [-0.15, -0.1) is 12.4 Å². The van der Waals surface area contributed by atoms with Crippen molar-refractivity contribution in [1.82, 2.24) is 0 Å². The van der Waals surface area contributed by atoms with E-state index < -0.39 is 0 Å². The maximum Gasteiger partial charge on any atom is 0.106 e. The summed E-state index contributed by atoms with van der Waals surface area (Å²) in [6.45, 7) is 3.93. The molecule has 0 saturated heterocycles. The predicted molar refractivity (Wildman–Crippen MR) is 27.1 cm³/mol. The minimum absolute atomic E-state index is 0. The van der Waals surface area contributed by atoms with Crippen molar-refractivity contribution in [2.75, 3.05) is 6.61 Å². The second-order valence-corrected chi connectivity index (χ2v) is 0.316. The van der Waals surface area contributed by atoms with Crippen LogP contribution in [0.2, 0.25) is 0 Å². The van der Waals surface area contributed by atoms with Gasteiger partial charge < -0.3 is 9.90 Å². The zero-order valence-electron chi connectivity index (χ0n) is 3.68. The summed E-state index contributed by atoms with van der Waals surface area (Å²) in [5, 5.41) is 7.57. The number of halogens is 1. The molecule has 0 bridgehead atoms. The molecule has 3 heteroatoms. The number of hydrogen-bond acceptors (Lipinski definition) is 2. The van der Waals surface area contributed by atoms with Crippen LogP contribution in [0.5, 0.6) is 0 Å². The lowest BCUT2D eigenvalue weighted by atomic mass is 10.9. The van der Waals surface area contributed by atoms with Crippen LogP contribution in [0.15, 0.2) is 0 Å². The summed E-state index contributed by atoms with van der Waals surface area (Å²) in [5.41, 5.74) is 0. The molecule has 0 rings (SSSR count). The third kappa shape index (κ3) is 5220. The Morgan fingerprint density at radius 3 is 1.67 bits per heavy atom. The highest BCUT2D eigenvalue weighted by molar-refractivity contribution is 5.85. The van der Waals surface area contributed by atoms with E-state index in [9.17, 15) is 0 Å². The van der Waals surface area contributed by atoms with Gasteiger partial charge in [-0.05, 0) is 6.92 Å². The van der Waals surface area contributed by atoms with Gasteiger partial charge in [-0.2, -0.15) is 0 Å². The SMILES string of the molecule is C=O.CCO.Cl. The molecule has 2 nitrogen and oxygen atoms in total. The minimum atomic E-state index is 0. The molecule has 6 heavy (non-hydrogen) atoms. The van der Waals surface area contributed by atoms with Crippen molar-refractivity contribution in [2.24, 2.45) is 0 Å². The lowest BCUT2D eigenvalue weighted by Gasteiger charge is -1.52. The molecule has 0 saturated carbocycles. The van der Waals surface area contributed by atoms with Gasteiger partial charge in [0.2, 0.25) is 0 Å². The Balaban J connectivity index is -0.0000000275. The molecule has 0 aliphatic rings. The molecule has 0 aromatic carbocycles. The summed E-state index contributed by atoms with van der Waals surface area (Å²) in [5.74, 6) is 0. The summed E-state index contributed by atoms with van der Waals surface area (Å²) < 4.78 is 0. The molecule has 0 aliphatic carbocycles. The topological polar surface area (TPSA) is 37.3 Å². The lowest BCUT2D eigenvalue weighted by molar-refractivity contribution is -0.0979. The van der Waals surface area contributed by atoms with E-state index in [2.05, 4.69) is 0 Å². The van der Waals surface area contributed by atoms with Crippen molar-refractivity contribution in [2.45, 2.75) is 6.92 Å². The van der Waals surface area contributed by atoms with E-state index in [1.54, 1.807) is 6.92 Å². The van der Waals surface area contributed by atoms with E-state index in [1.807, 2.05) is 6.79 Å². The highest BCUT2D eigenvalue weighted by Gasteiger charge is 1.34. The average molecular weight is 113 g/mol. The zero-order chi connectivity index (χ0) is 4.71. The lowest BCUT2D eigenvalue weighted by Crippen LogP contribution is -1.57. The van der Waals surface area contributed by atoms with Gasteiger partial charge in [-0.3, -0.25) is 0 Å². The summed E-state index contributed by atoms with van der Waals surface area (Å²) in [7, 11) is 0. The van der Waals surface area contributed by atoms with Crippen molar-refractivity contribution < 1.29 is 9.90 Å². The van der Waals surface area contributed by atoms with Crippen molar-refractivity contribution in [3.63, 3.8) is 0 Å². The van der Waals surface area contributed by atoms with Crippen LogP contribution in [0.3, 0.4) is 0 Å². The Morgan fingerprint density at radius 1 is 1.67 bits per heavy atom. The van der Waals surface area contributed by atoms with Gasteiger partial charge in [-0.1, -0.05) is 0 Å². The Labute approximate surface area is 43.6 Å². The Bertz CT molecular complexity index is 12.8. The number of aliphatic hydroxyl groups is 1. The maximum atomic E-state index is 8.00. The van der Waals surface area contributed by atoms with Crippen LogP contribution in [-0.2, 0) is 4.79 Å². The molecule has 0 radical (unpaired) electrons. The molecular formula is C3H9ClO2. The highest BCUT2D eigenvalue weighted by Crippen LogP contribution is 1.30. The number of aliphatic hydroxyl groups excluding tert-OH is 1. The molecule has 0 aliphatic heterocycles. The molecule has 40 valence electrons.